The SMILES string of the molecule is CC(C)CCC[C@@H](C)C1CC[C@H]2C(=O)CCC[C@]12C.CC(C)CCC[C@H](C)C1CC[C@H]2C(=O)CCC[C@]12C.CC(C)[C@@H](C)/C=C/[C@@H](C)C1CC[C@H]2C(=O)CCC[C@]12C.C[C@@H](CCCC(C)(C)C)C1CC[C@H]2C(=O)CCC[C@]12C.C[C@@H](CCCC(C)(C)O)C1CC[C@H]2C(=O)CCC[C@]12C.C[C@H](/C=C/[C@H](C)C(C)(C)O)C1CC[C@H]2C(=O)CCC[C@]12C.C[C@H](CCCC(C)(C)O)C1CC[C@H]2C(=O)CCC[C@]12C. The molecule has 0 aromatic rings. The molecule has 0 radical (unpaired) electrons. The number of Topliss-reactive ketones (excluding diaryl/α,β-unsaturated/α-hetero) is 7. The Hall–Kier alpha value is -2.95. The summed E-state index contributed by atoms with van der Waals surface area (Å²) in [5, 5.41) is 29.7. The Morgan fingerprint density at radius 3 is 0.669 bits per heavy atom. The molecule has 0 aromatic carbocycles. The molecular weight excluding hydrogens is 1710 g/mol. The van der Waals surface area contributed by atoms with E-state index < -0.39 is 16.8 Å². The number of hydrogen-bond acceptors (Lipinski definition) is 10. The standard InChI is InChI=1S/C19H32O2.C19H34O.C19H32O.2C18H32O2.2C18H32O/c1-13(8-9-14(2)18(3,4)21)15-10-11-16-17(20)7-6-12-19(15,16)5;1-14(8-6-12-18(2,3)4)15-10-11-16-17(20)9-7-13-19(15,16)5;1-13(2)14(3)8-9-15(4)16-10-11-17-18(20)7-6-12-19(16,17)5;2*1-13(7-5-11-17(2,3)20)14-9-10-15-16(19)8-6-12-18(14,15)4;2*1-13(2)7-5-8-14(3)15-10-11-16-17(19)9-6-12-18(15,16)4/h8-9,13-16,21H,6-7,10-12H2,1-5H3;14-16H,6-13H2,1-5H3;8-9,13-17H,6-7,10-12H2,1-5H3;2*13-15,20H,5-12H2,1-4H3;2*13-16H,5-12H2,1-4H3/b9-8+;;9-8+;;;;/t13-,14+,15?,16+,19-;14-,15?,16-,19+;14-,15+,16?,17-,19+;13-,14?,15+,18-;13-,14?,15-,18+;14-,15?,16+,18-;14-,15?,16-,18+/m1001010/s1. The fourth-order valence-electron chi connectivity index (χ4n) is 34.0. The van der Waals surface area contributed by atoms with Crippen LogP contribution in [0, 0.1) is 197 Å². The molecule has 0 aliphatic heterocycles. The van der Waals surface area contributed by atoms with E-state index in [4.69, 9.17) is 0 Å². The number of hydrogen-bond donors (Lipinski definition) is 3. The summed E-state index contributed by atoms with van der Waals surface area (Å²) in [6, 6.07) is 0. The van der Waals surface area contributed by atoms with Crippen molar-refractivity contribution in [2.75, 3.05) is 0 Å². The largest absolute Gasteiger partial charge is 0.390 e. The monoisotopic (exact) mass is 1940 g/mol. The minimum Gasteiger partial charge on any atom is -0.390 e. The molecule has 14 fully saturated rings. The van der Waals surface area contributed by atoms with Gasteiger partial charge in [-0.2, -0.15) is 0 Å². The normalized spacial score (nSPS) is 36.5. The third-order valence-corrected chi connectivity index (χ3v) is 43.2. The molecule has 0 bridgehead atoms. The van der Waals surface area contributed by atoms with E-state index in [1.165, 1.54) is 180 Å². The Balaban J connectivity index is 0.000000199. The first-order valence-corrected chi connectivity index (χ1v) is 59.9. The van der Waals surface area contributed by atoms with Gasteiger partial charge >= 0.3 is 0 Å². The first kappa shape index (κ1) is 121. The Morgan fingerprint density at radius 1 is 0.266 bits per heavy atom. The van der Waals surface area contributed by atoms with E-state index in [1.54, 1.807) is 0 Å². The van der Waals surface area contributed by atoms with Gasteiger partial charge in [-0.3, -0.25) is 33.6 Å². The van der Waals surface area contributed by atoms with E-state index in [0.717, 1.165) is 189 Å². The summed E-state index contributed by atoms with van der Waals surface area (Å²) in [6.45, 7) is 70.0. The van der Waals surface area contributed by atoms with Crippen molar-refractivity contribution in [2.24, 2.45) is 197 Å². The second kappa shape index (κ2) is 52.0. The molecule has 3 N–H and O–H groups in total. The maximum Gasteiger partial charge on any atom is 0.136 e. The second-order valence-corrected chi connectivity index (χ2v) is 57.4. The first-order valence-electron chi connectivity index (χ1n) is 59.9. The molecule has 7 unspecified atom stereocenters. The van der Waals surface area contributed by atoms with Crippen molar-refractivity contribution in [2.45, 2.75) is 552 Å². The summed E-state index contributed by atoms with van der Waals surface area (Å²) in [5.41, 5.74) is 0.743. The van der Waals surface area contributed by atoms with Gasteiger partial charge in [0, 0.05) is 92.3 Å². The number of fused-ring (bicyclic) bond motifs is 7. The fourth-order valence-corrected chi connectivity index (χ4v) is 34.0. The molecule has 14 saturated carbocycles. The maximum atomic E-state index is 12.2. The van der Waals surface area contributed by atoms with Crippen molar-refractivity contribution in [3.8, 4) is 0 Å². The highest BCUT2D eigenvalue weighted by Gasteiger charge is 2.59. The lowest BCUT2D eigenvalue weighted by atomic mass is 9.62. The number of carbonyl (C=O) groups is 7. The van der Waals surface area contributed by atoms with Gasteiger partial charge in [-0.1, -0.05) is 274 Å². The lowest BCUT2D eigenvalue weighted by Gasteiger charge is -2.42. The zero-order chi connectivity index (χ0) is 104. The predicted molar refractivity (Wildman–Crippen MR) is 585 cm³/mol. The molecule has 10 heteroatoms. The summed E-state index contributed by atoms with van der Waals surface area (Å²) in [4.78, 5) is 85.2. The Bertz CT molecular complexity index is 3650. The molecule has 0 spiro atoms. The molecule has 30 atom stereocenters. The molecule has 14 aliphatic carbocycles. The van der Waals surface area contributed by atoms with Gasteiger partial charge in [-0.15, -0.1) is 0 Å². The van der Waals surface area contributed by atoms with Crippen molar-refractivity contribution in [1.82, 2.24) is 0 Å². The van der Waals surface area contributed by atoms with Crippen LogP contribution in [0.4, 0.5) is 0 Å². The smallest absolute Gasteiger partial charge is 0.136 e. The minimum absolute atomic E-state index is 0.151. The summed E-state index contributed by atoms with van der Waals surface area (Å²) >= 11 is 0. The zero-order valence-electron chi connectivity index (χ0n) is 96.9. The average molecular weight is 1940 g/mol. The summed E-state index contributed by atoms with van der Waals surface area (Å²) in [7, 11) is 0. The van der Waals surface area contributed by atoms with Crippen molar-refractivity contribution in [3.63, 3.8) is 0 Å². The van der Waals surface area contributed by atoms with Gasteiger partial charge in [0.1, 0.15) is 40.5 Å². The molecule has 14 rings (SSSR count). The molecule has 14 aliphatic rings. The van der Waals surface area contributed by atoms with Crippen LogP contribution in [0.15, 0.2) is 24.3 Å². The fraction of sp³-hybridized carbons (Fsp3) is 0.915. The number of allylic oxidation sites excluding steroid dienone is 3. The predicted octanol–water partition coefficient (Wildman–Crippen LogP) is 34.4. The third-order valence-electron chi connectivity index (χ3n) is 43.2. The summed E-state index contributed by atoms with van der Waals surface area (Å²) in [5.74, 6) is 19.5. The van der Waals surface area contributed by atoms with Gasteiger partial charge < -0.3 is 15.3 Å². The molecule has 0 heterocycles. The van der Waals surface area contributed by atoms with Gasteiger partial charge in [0.2, 0.25) is 0 Å². The molecule has 0 saturated heterocycles. The van der Waals surface area contributed by atoms with E-state index in [-0.39, 0.29) is 27.6 Å². The van der Waals surface area contributed by atoms with Crippen molar-refractivity contribution >= 4 is 40.5 Å². The van der Waals surface area contributed by atoms with Gasteiger partial charge in [0.25, 0.3) is 0 Å². The van der Waals surface area contributed by atoms with E-state index >= 15 is 0 Å². The number of ketones is 7. The summed E-state index contributed by atoms with van der Waals surface area (Å²) < 4.78 is 0. The summed E-state index contributed by atoms with van der Waals surface area (Å²) in [6.07, 6.45) is 67.0. The first-order chi connectivity index (χ1) is 64.6. The van der Waals surface area contributed by atoms with Crippen LogP contribution >= 0.6 is 0 Å². The zero-order valence-corrected chi connectivity index (χ0v) is 96.9. The van der Waals surface area contributed by atoms with Crippen LogP contribution in [-0.2, 0) is 33.6 Å². The van der Waals surface area contributed by atoms with Gasteiger partial charge in [0.15, 0.2) is 0 Å². The third kappa shape index (κ3) is 31.8. The lowest BCUT2D eigenvalue weighted by Crippen LogP contribution is -2.39. The molecule has 139 heavy (non-hydrogen) atoms. The Labute approximate surface area is 858 Å². The van der Waals surface area contributed by atoms with E-state index in [1.807, 2.05) is 41.5 Å². The highest BCUT2D eigenvalue weighted by molar-refractivity contribution is 5.86. The average Bonchev–Trinajstić information content (AvgIpc) is 1.66. The Kier molecular flexibility index (Phi) is 45.4. The van der Waals surface area contributed by atoms with Crippen LogP contribution in [0.1, 0.15) is 536 Å². The van der Waals surface area contributed by atoms with Crippen LogP contribution in [0.25, 0.3) is 0 Å². The van der Waals surface area contributed by atoms with Gasteiger partial charge in [-0.05, 0) is 390 Å². The molecule has 0 amide bonds. The van der Waals surface area contributed by atoms with Crippen LogP contribution in [0.3, 0.4) is 0 Å². The van der Waals surface area contributed by atoms with Crippen molar-refractivity contribution in [3.05, 3.63) is 24.3 Å². The number of carbonyl (C=O) groups excluding carboxylic acids is 7. The van der Waals surface area contributed by atoms with Gasteiger partial charge in [0.05, 0.1) is 16.8 Å². The molecule has 802 valence electrons. The second-order valence-electron chi connectivity index (χ2n) is 57.4. The number of aliphatic hydroxyl groups is 3. The Morgan fingerprint density at radius 2 is 0.468 bits per heavy atom. The maximum absolute atomic E-state index is 12.2. The van der Waals surface area contributed by atoms with Crippen LogP contribution < -0.4 is 0 Å². The topological polar surface area (TPSA) is 180 Å². The minimum atomic E-state index is -0.668. The quantitative estimate of drug-likeness (QED) is 0.0549. The van der Waals surface area contributed by atoms with E-state index in [2.05, 4.69) is 197 Å². The molecular formula is C129H226O10. The van der Waals surface area contributed by atoms with E-state index in [9.17, 15) is 48.9 Å². The van der Waals surface area contributed by atoms with E-state index in [0.29, 0.717) is 163 Å². The van der Waals surface area contributed by atoms with Crippen molar-refractivity contribution in [1.29, 1.82) is 0 Å². The molecule has 10 nitrogen and oxygen atoms in total. The van der Waals surface area contributed by atoms with Crippen molar-refractivity contribution < 1.29 is 48.9 Å². The highest BCUT2D eigenvalue weighted by Crippen LogP contribution is 2.65. The number of rotatable bonds is 32. The van der Waals surface area contributed by atoms with Crippen LogP contribution in [0.2, 0.25) is 0 Å². The van der Waals surface area contributed by atoms with Crippen LogP contribution in [0.5, 0.6) is 0 Å². The van der Waals surface area contributed by atoms with Gasteiger partial charge in [-0.25, -0.2) is 0 Å². The highest BCUT2D eigenvalue weighted by atomic mass is 16.3. The molecule has 0 aromatic heterocycles. The lowest BCUT2D eigenvalue weighted by molar-refractivity contribution is -0.131. The van der Waals surface area contributed by atoms with Crippen LogP contribution in [-0.4, -0.2) is 72.6 Å².